The van der Waals surface area contributed by atoms with Crippen molar-refractivity contribution in [3.63, 3.8) is 0 Å². The van der Waals surface area contributed by atoms with Crippen LogP contribution in [0.25, 0.3) is 0 Å². The predicted octanol–water partition coefficient (Wildman–Crippen LogP) is 3.61. The van der Waals surface area contributed by atoms with Crippen LogP contribution in [0.4, 0.5) is 17.5 Å². The van der Waals surface area contributed by atoms with E-state index in [1.54, 1.807) is 18.7 Å². The van der Waals surface area contributed by atoms with Crippen molar-refractivity contribution < 1.29 is 4.79 Å². The number of hydrogen-bond donors (Lipinski definition) is 2. The highest BCUT2D eigenvalue weighted by atomic mass is 32.2. The molecule has 7 heteroatoms. The average Bonchev–Trinajstić information content (AvgIpc) is 3.10. The van der Waals surface area contributed by atoms with Crippen LogP contribution in [0.15, 0.2) is 35.2 Å². The lowest BCUT2D eigenvalue weighted by Crippen LogP contribution is -2.35. The highest BCUT2D eigenvalue weighted by Gasteiger charge is 2.24. The van der Waals surface area contributed by atoms with Gasteiger partial charge in [-0.05, 0) is 37.3 Å². The van der Waals surface area contributed by atoms with Crippen LogP contribution in [-0.4, -0.2) is 41.3 Å². The summed E-state index contributed by atoms with van der Waals surface area (Å²) in [4.78, 5) is 24.2. The minimum absolute atomic E-state index is 0.0206. The summed E-state index contributed by atoms with van der Waals surface area (Å²) >= 11 is 1.71. The summed E-state index contributed by atoms with van der Waals surface area (Å²) in [5.41, 5.74) is 2.02. The number of aromatic nitrogens is 2. The molecule has 2 N–H and O–H groups in total. The van der Waals surface area contributed by atoms with Gasteiger partial charge in [-0.1, -0.05) is 19.4 Å². The standard InChI is InChI=1S/C20H27N5OS/c1-4-6-15-12-19(25-10-9-17(13-25)21-14(2)26)24-20(22-15)23-16-7-5-8-18(11-16)27-3/h5,7-8,11-12,17H,4,6,9-10,13H2,1-3H3,(H,21,26)(H,22,23,24). The van der Waals surface area contributed by atoms with Gasteiger partial charge in [-0.15, -0.1) is 11.8 Å². The van der Waals surface area contributed by atoms with Gasteiger partial charge in [-0.3, -0.25) is 4.79 Å². The maximum absolute atomic E-state index is 11.3. The van der Waals surface area contributed by atoms with E-state index in [-0.39, 0.29) is 11.9 Å². The third-order valence-electron chi connectivity index (χ3n) is 4.52. The third kappa shape index (κ3) is 5.35. The summed E-state index contributed by atoms with van der Waals surface area (Å²) in [7, 11) is 0. The Kier molecular flexibility index (Phi) is 6.55. The zero-order valence-electron chi connectivity index (χ0n) is 16.2. The highest BCUT2D eigenvalue weighted by molar-refractivity contribution is 7.98. The number of nitrogens with zero attached hydrogens (tertiary/aromatic N) is 3. The number of amides is 1. The zero-order valence-corrected chi connectivity index (χ0v) is 17.0. The van der Waals surface area contributed by atoms with Crippen molar-refractivity contribution in [1.82, 2.24) is 15.3 Å². The monoisotopic (exact) mass is 385 g/mol. The molecule has 0 bridgehead atoms. The van der Waals surface area contributed by atoms with Crippen LogP contribution in [0, 0.1) is 0 Å². The van der Waals surface area contributed by atoms with Gasteiger partial charge in [0, 0.05) is 48.4 Å². The minimum Gasteiger partial charge on any atom is -0.354 e. The van der Waals surface area contributed by atoms with Gasteiger partial charge >= 0.3 is 0 Å². The van der Waals surface area contributed by atoms with Crippen molar-refractivity contribution in [3.05, 3.63) is 36.0 Å². The van der Waals surface area contributed by atoms with E-state index in [2.05, 4.69) is 51.9 Å². The number of nitrogens with one attached hydrogen (secondary N) is 2. The van der Waals surface area contributed by atoms with Crippen LogP contribution in [0.1, 0.15) is 32.4 Å². The number of rotatable bonds is 7. The Bertz CT molecular complexity index is 798. The summed E-state index contributed by atoms with van der Waals surface area (Å²) in [6.07, 6.45) is 4.95. The molecule has 0 saturated carbocycles. The molecule has 1 aromatic carbocycles. The molecule has 1 saturated heterocycles. The third-order valence-corrected chi connectivity index (χ3v) is 5.24. The number of carbonyl (C=O) groups is 1. The second kappa shape index (κ2) is 9.08. The van der Waals surface area contributed by atoms with Crippen molar-refractivity contribution in [1.29, 1.82) is 0 Å². The summed E-state index contributed by atoms with van der Waals surface area (Å²) in [5.74, 6) is 1.56. The van der Waals surface area contributed by atoms with Crippen molar-refractivity contribution in [3.8, 4) is 0 Å². The average molecular weight is 386 g/mol. The van der Waals surface area contributed by atoms with Crippen molar-refractivity contribution in [2.75, 3.05) is 29.6 Å². The molecular formula is C20H27N5OS. The van der Waals surface area contributed by atoms with E-state index in [9.17, 15) is 4.79 Å². The van der Waals surface area contributed by atoms with Gasteiger partial charge < -0.3 is 15.5 Å². The maximum atomic E-state index is 11.3. The SMILES string of the molecule is CCCc1cc(N2CCC(NC(C)=O)C2)nc(Nc2cccc(SC)c2)n1. The fraction of sp³-hybridized carbons (Fsp3) is 0.450. The van der Waals surface area contributed by atoms with E-state index in [1.807, 2.05) is 12.1 Å². The van der Waals surface area contributed by atoms with E-state index in [0.29, 0.717) is 5.95 Å². The lowest BCUT2D eigenvalue weighted by atomic mass is 10.2. The zero-order chi connectivity index (χ0) is 19.2. The van der Waals surface area contributed by atoms with Crippen LogP contribution in [0.3, 0.4) is 0 Å². The molecule has 2 aromatic rings. The molecule has 1 aromatic heterocycles. The second-order valence-corrected chi connectivity index (χ2v) is 7.66. The molecule has 1 aliphatic rings. The fourth-order valence-electron chi connectivity index (χ4n) is 3.29. The molecule has 0 spiro atoms. The van der Waals surface area contributed by atoms with E-state index >= 15 is 0 Å². The smallest absolute Gasteiger partial charge is 0.229 e. The quantitative estimate of drug-likeness (QED) is 0.710. The van der Waals surface area contributed by atoms with Gasteiger partial charge in [0.2, 0.25) is 11.9 Å². The van der Waals surface area contributed by atoms with Gasteiger partial charge in [0.15, 0.2) is 0 Å². The molecule has 0 radical (unpaired) electrons. The lowest BCUT2D eigenvalue weighted by molar-refractivity contribution is -0.119. The molecule has 1 unspecified atom stereocenters. The summed E-state index contributed by atoms with van der Waals surface area (Å²) in [5, 5.41) is 6.36. The Hall–Kier alpha value is -2.28. The van der Waals surface area contributed by atoms with Crippen molar-refractivity contribution in [2.45, 2.75) is 44.0 Å². The van der Waals surface area contributed by atoms with Gasteiger partial charge in [-0.25, -0.2) is 4.98 Å². The second-order valence-electron chi connectivity index (χ2n) is 6.78. The normalized spacial score (nSPS) is 16.4. The minimum atomic E-state index is 0.0206. The summed E-state index contributed by atoms with van der Waals surface area (Å²) < 4.78 is 0. The molecule has 1 fully saturated rings. The molecule has 144 valence electrons. The lowest BCUT2D eigenvalue weighted by Gasteiger charge is -2.19. The number of thioether (sulfide) groups is 1. The summed E-state index contributed by atoms with van der Waals surface area (Å²) in [6, 6.07) is 10.5. The van der Waals surface area contributed by atoms with Crippen LogP contribution in [0.2, 0.25) is 0 Å². The van der Waals surface area contributed by atoms with Crippen molar-refractivity contribution >= 4 is 35.1 Å². The predicted molar refractivity (Wildman–Crippen MR) is 112 cm³/mol. The first-order chi connectivity index (χ1) is 13.1. The van der Waals surface area contributed by atoms with Crippen LogP contribution >= 0.6 is 11.8 Å². The topological polar surface area (TPSA) is 70.2 Å². The molecule has 3 rings (SSSR count). The number of aryl methyl sites for hydroxylation is 1. The number of hydrogen-bond acceptors (Lipinski definition) is 6. The molecule has 27 heavy (non-hydrogen) atoms. The van der Waals surface area contributed by atoms with E-state index in [1.165, 1.54) is 4.90 Å². The van der Waals surface area contributed by atoms with E-state index in [4.69, 9.17) is 4.98 Å². The Morgan fingerprint density at radius 1 is 1.33 bits per heavy atom. The Labute approximate surface area is 165 Å². The van der Waals surface area contributed by atoms with Crippen LogP contribution in [-0.2, 0) is 11.2 Å². The molecule has 1 aliphatic heterocycles. The molecule has 0 aliphatic carbocycles. The molecule has 1 atom stereocenters. The van der Waals surface area contributed by atoms with Gasteiger partial charge in [0.25, 0.3) is 0 Å². The number of carbonyl (C=O) groups excluding carboxylic acids is 1. The first-order valence-corrected chi connectivity index (χ1v) is 10.6. The van der Waals surface area contributed by atoms with Crippen LogP contribution in [0.5, 0.6) is 0 Å². The summed E-state index contributed by atoms with van der Waals surface area (Å²) in [6.45, 7) is 5.38. The number of anilines is 3. The Balaban J connectivity index is 1.81. The Morgan fingerprint density at radius 3 is 2.93 bits per heavy atom. The van der Waals surface area contributed by atoms with Crippen LogP contribution < -0.4 is 15.5 Å². The Morgan fingerprint density at radius 2 is 2.19 bits per heavy atom. The molecular weight excluding hydrogens is 358 g/mol. The fourth-order valence-corrected chi connectivity index (χ4v) is 3.75. The van der Waals surface area contributed by atoms with Gasteiger partial charge in [0.05, 0.1) is 0 Å². The van der Waals surface area contributed by atoms with E-state index < -0.39 is 0 Å². The first kappa shape index (κ1) is 19.5. The van der Waals surface area contributed by atoms with Crippen molar-refractivity contribution in [2.24, 2.45) is 0 Å². The van der Waals surface area contributed by atoms with Gasteiger partial charge in [0.1, 0.15) is 5.82 Å². The van der Waals surface area contributed by atoms with E-state index in [0.717, 1.165) is 49.6 Å². The first-order valence-electron chi connectivity index (χ1n) is 9.38. The van der Waals surface area contributed by atoms with Gasteiger partial charge in [-0.2, -0.15) is 4.98 Å². The molecule has 6 nitrogen and oxygen atoms in total. The highest BCUT2D eigenvalue weighted by Crippen LogP contribution is 2.24. The maximum Gasteiger partial charge on any atom is 0.229 e. The molecule has 1 amide bonds. The molecule has 2 heterocycles. The number of benzene rings is 1. The largest absolute Gasteiger partial charge is 0.354 e.